The molecule has 6 heteroatoms. The minimum Gasteiger partial charge on any atom is -0.497 e. The van der Waals surface area contributed by atoms with Crippen molar-refractivity contribution < 1.29 is 19.0 Å². The van der Waals surface area contributed by atoms with E-state index in [4.69, 9.17) is 14.2 Å². The number of methoxy groups -OCH3 is 1. The maximum Gasteiger partial charge on any atom is 0.234 e. The lowest BCUT2D eigenvalue weighted by atomic mass is 10.0. The highest BCUT2D eigenvalue weighted by atomic mass is 16.7. The quantitative estimate of drug-likeness (QED) is 0.850. The Labute approximate surface area is 159 Å². The van der Waals surface area contributed by atoms with E-state index in [0.29, 0.717) is 13.1 Å². The molecule has 0 aliphatic carbocycles. The minimum absolute atomic E-state index is 0.0301. The molecule has 6 nitrogen and oxygen atoms in total. The summed E-state index contributed by atoms with van der Waals surface area (Å²) in [6.45, 7) is 2.06. The van der Waals surface area contributed by atoms with Crippen LogP contribution >= 0.6 is 0 Å². The highest BCUT2D eigenvalue weighted by molar-refractivity contribution is 5.78. The maximum atomic E-state index is 12.5. The van der Waals surface area contributed by atoms with Crippen molar-refractivity contribution >= 4 is 5.91 Å². The number of carbonyl (C=O) groups excluding carboxylic acids is 1. The number of hydrogen-bond donors (Lipinski definition) is 1. The molecular formula is C21H24N2O4. The van der Waals surface area contributed by atoms with Gasteiger partial charge in [0.1, 0.15) is 5.75 Å². The first-order chi connectivity index (χ1) is 13.2. The number of likely N-dealkylation sites (tertiary alicyclic amines) is 1. The average molecular weight is 368 g/mol. The van der Waals surface area contributed by atoms with Crippen LogP contribution in [0.3, 0.4) is 0 Å². The molecular weight excluding hydrogens is 344 g/mol. The molecule has 2 heterocycles. The van der Waals surface area contributed by atoms with Crippen molar-refractivity contribution in [1.29, 1.82) is 0 Å². The molecule has 1 amide bonds. The van der Waals surface area contributed by atoms with E-state index in [1.165, 1.54) is 5.56 Å². The molecule has 0 aromatic heterocycles. The Hall–Kier alpha value is -2.73. The average Bonchev–Trinajstić information content (AvgIpc) is 3.35. The Balaban J connectivity index is 1.34. The van der Waals surface area contributed by atoms with Gasteiger partial charge >= 0.3 is 0 Å². The minimum atomic E-state index is 0.0301. The van der Waals surface area contributed by atoms with Crippen molar-refractivity contribution in [2.75, 3.05) is 27.0 Å². The van der Waals surface area contributed by atoms with E-state index in [-0.39, 0.29) is 18.7 Å². The van der Waals surface area contributed by atoms with Crippen molar-refractivity contribution in [1.82, 2.24) is 10.2 Å². The molecule has 142 valence electrons. The van der Waals surface area contributed by atoms with Crippen LogP contribution in [0.15, 0.2) is 42.5 Å². The van der Waals surface area contributed by atoms with Crippen LogP contribution in [0.4, 0.5) is 0 Å². The van der Waals surface area contributed by atoms with Crippen LogP contribution in [-0.2, 0) is 11.3 Å². The van der Waals surface area contributed by atoms with Crippen LogP contribution < -0.4 is 19.5 Å². The van der Waals surface area contributed by atoms with Gasteiger partial charge in [0.2, 0.25) is 12.7 Å². The molecule has 0 bridgehead atoms. The number of carbonyl (C=O) groups is 1. The largest absolute Gasteiger partial charge is 0.497 e. The predicted molar refractivity (Wildman–Crippen MR) is 101 cm³/mol. The van der Waals surface area contributed by atoms with E-state index in [0.717, 1.165) is 42.2 Å². The summed E-state index contributed by atoms with van der Waals surface area (Å²) in [5.74, 6) is 2.37. The van der Waals surface area contributed by atoms with Gasteiger partial charge in [0, 0.05) is 12.6 Å². The lowest BCUT2D eigenvalue weighted by Crippen LogP contribution is -2.36. The fraction of sp³-hybridized carbons (Fsp3) is 0.381. The number of hydrogen-bond acceptors (Lipinski definition) is 5. The summed E-state index contributed by atoms with van der Waals surface area (Å²) in [7, 11) is 1.68. The second-order valence-corrected chi connectivity index (χ2v) is 6.87. The zero-order valence-corrected chi connectivity index (χ0v) is 15.4. The van der Waals surface area contributed by atoms with E-state index in [1.807, 2.05) is 30.3 Å². The summed E-state index contributed by atoms with van der Waals surface area (Å²) >= 11 is 0. The Morgan fingerprint density at radius 1 is 1.22 bits per heavy atom. The molecule has 2 aliphatic heterocycles. The van der Waals surface area contributed by atoms with Gasteiger partial charge in [-0.1, -0.05) is 18.2 Å². The first-order valence-corrected chi connectivity index (χ1v) is 9.26. The number of rotatable bonds is 6. The summed E-state index contributed by atoms with van der Waals surface area (Å²) in [5.41, 5.74) is 2.20. The predicted octanol–water partition coefficient (Wildman–Crippen LogP) is 2.88. The molecule has 2 aliphatic rings. The lowest BCUT2D eigenvalue weighted by Gasteiger charge is -2.24. The Kier molecular flexibility index (Phi) is 5.16. The molecule has 1 saturated heterocycles. The van der Waals surface area contributed by atoms with E-state index in [2.05, 4.69) is 22.3 Å². The van der Waals surface area contributed by atoms with Crippen LogP contribution in [0.2, 0.25) is 0 Å². The van der Waals surface area contributed by atoms with Gasteiger partial charge in [-0.25, -0.2) is 0 Å². The summed E-state index contributed by atoms with van der Waals surface area (Å²) in [5, 5.41) is 3.01. The third-order valence-corrected chi connectivity index (χ3v) is 5.12. The molecule has 1 atom stereocenters. The number of fused-ring (bicyclic) bond motifs is 1. The molecule has 27 heavy (non-hydrogen) atoms. The first-order valence-electron chi connectivity index (χ1n) is 9.26. The summed E-state index contributed by atoms with van der Waals surface area (Å²) in [6.07, 6.45) is 2.15. The van der Waals surface area contributed by atoms with Gasteiger partial charge in [0.15, 0.2) is 11.5 Å². The molecule has 2 aromatic carbocycles. The normalized spacial score (nSPS) is 18.5. The molecule has 4 rings (SSSR count). The Morgan fingerprint density at radius 3 is 3.00 bits per heavy atom. The topological polar surface area (TPSA) is 60.0 Å². The number of amides is 1. The van der Waals surface area contributed by atoms with Gasteiger partial charge < -0.3 is 19.5 Å². The second kappa shape index (κ2) is 7.88. The number of ether oxygens (including phenoxy) is 3. The molecule has 0 unspecified atom stereocenters. The third kappa shape index (κ3) is 4.01. The van der Waals surface area contributed by atoms with Crippen molar-refractivity contribution in [3.8, 4) is 17.2 Å². The van der Waals surface area contributed by atoms with Gasteiger partial charge in [-0.15, -0.1) is 0 Å². The Morgan fingerprint density at radius 2 is 2.11 bits per heavy atom. The monoisotopic (exact) mass is 368 g/mol. The van der Waals surface area contributed by atoms with Gasteiger partial charge in [0.25, 0.3) is 0 Å². The highest BCUT2D eigenvalue weighted by Gasteiger charge is 2.27. The number of nitrogens with zero attached hydrogens (tertiary/aromatic N) is 1. The van der Waals surface area contributed by atoms with Gasteiger partial charge in [-0.05, 0) is 54.8 Å². The summed E-state index contributed by atoms with van der Waals surface area (Å²) in [4.78, 5) is 14.7. The molecule has 2 aromatic rings. The Bertz CT molecular complexity index is 824. The van der Waals surface area contributed by atoms with E-state index >= 15 is 0 Å². The molecule has 0 radical (unpaired) electrons. The number of benzene rings is 2. The highest BCUT2D eigenvalue weighted by Crippen LogP contribution is 2.33. The van der Waals surface area contributed by atoms with E-state index < -0.39 is 0 Å². The maximum absolute atomic E-state index is 12.5. The van der Waals surface area contributed by atoms with Crippen LogP contribution in [0, 0.1) is 0 Å². The molecule has 1 N–H and O–H groups in total. The number of nitrogens with one attached hydrogen (secondary N) is 1. The van der Waals surface area contributed by atoms with Gasteiger partial charge in [-0.2, -0.15) is 0 Å². The molecule has 1 fully saturated rings. The van der Waals surface area contributed by atoms with E-state index in [9.17, 15) is 4.79 Å². The zero-order valence-electron chi connectivity index (χ0n) is 15.4. The summed E-state index contributed by atoms with van der Waals surface area (Å²) < 4.78 is 16.0. The smallest absolute Gasteiger partial charge is 0.234 e. The van der Waals surface area contributed by atoms with Crippen molar-refractivity contribution in [3.63, 3.8) is 0 Å². The SMILES string of the molecule is COc1cccc([C@@H]2CCCN2CC(=O)NCc2ccc3c(c2)OCO3)c1. The van der Waals surface area contributed by atoms with Crippen molar-refractivity contribution in [3.05, 3.63) is 53.6 Å². The summed E-state index contributed by atoms with van der Waals surface area (Å²) in [6, 6.07) is 14.1. The van der Waals surface area contributed by atoms with Crippen molar-refractivity contribution in [2.45, 2.75) is 25.4 Å². The molecule has 0 saturated carbocycles. The van der Waals surface area contributed by atoms with Crippen LogP contribution in [0.5, 0.6) is 17.2 Å². The van der Waals surface area contributed by atoms with Crippen LogP contribution in [0.1, 0.15) is 30.0 Å². The third-order valence-electron chi connectivity index (χ3n) is 5.12. The molecule has 0 spiro atoms. The van der Waals surface area contributed by atoms with Gasteiger partial charge in [-0.3, -0.25) is 9.69 Å². The fourth-order valence-corrected chi connectivity index (χ4v) is 3.73. The van der Waals surface area contributed by atoms with Crippen LogP contribution in [-0.4, -0.2) is 37.8 Å². The second-order valence-electron chi connectivity index (χ2n) is 6.87. The van der Waals surface area contributed by atoms with Gasteiger partial charge in [0.05, 0.1) is 13.7 Å². The van der Waals surface area contributed by atoms with E-state index in [1.54, 1.807) is 7.11 Å². The lowest BCUT2D eigenvalue weighted by molar-refractivity contribution is -0.122. The van der Waals surface area contributed by atoms with Crippen molar-refractivity contribution in [2.24, 2.45) is 0 Å². The van der Waals surface area contributed by atoms with Crippen LogP contribution in [0.25, 0.3) is 0 Å². The fourth-order valence-electron chi connectivity index (χ4n) is 3.73. The standard InChI is InChI=1S/C21H24N2O4/c1-25-17-5-2-4-16(11-17)18-6-3-9-23(18)13-21(24)22-12-15-7-8-19-20(10-15)27-14-26-19/h2,4-5,7-8,10-11,18H,3,6,9,12-14H2,1H3,(H,22,24)/t18-/m0/s1. The zero-order chi connectivity index (χ0) is 18.6. The first kappa shape index (κ1) is 17.7.